The Bertz CT molecular complexity index is 354. The summed E-state index contributed by atoms with van der Waals surface area (Å²) in [6.07, 6.45) is 5.52. The average molecular weight is 230 g/mol. The highest BCUT2D eigenvalue weighted by atomic mass is 15.0. The van der Waals surface area contributed by atoms with Crippen molar-refractivity contribution in [3.8, 4) is 0 Å². The van der Waals surface area contributed by atoms with Gasteiger partial charge in [0.1, 0.15) is 0 Å². The van der Waals surface area contributed by atoms with Crippen LogP contribution in [0.2, 0.25) is 0 Å². The fourth-order valence-electron chi connectivity index (χ4n) is 3.42. The standard InChI is InChI=1S/C15H22N2/c1-2-4-13(5-3-1)11-17-14-6-7-15(10-14)8-9-16-12-15/h1-5,14,16-17H,6-12H2. The van der Waals surface area contributed by atoms with Crippen LogP contribution in [0.1, 0.15) is 31.2 Å². The maximum Gasteiger partial charge on any atom is 0.0208 e. The lowest BCUT2D eigenvalue weighted by Gasteiger charge is -2.22. The van der Waals surface area contributed by atoms with Gasteiger partial charge in [0.15, 0.2) is 0 Å². The van der Waals surface area contributed by atoms with Gasteiger partial charge in [0.25, 0.3) is 0 Å². The van der Waals surface area contributed by atoms with E-state index in [9.17, 15) is 0 Å². The summed E-state index contributed by atoms with van der Waals surface area (Å²) in [4.78, 5) is 0. The largest absolute Gasteiger partial charge is 0.316 e. The summed E-state index contributed by atoms with van der Waals surface area (Å²) in [5.41, 5.74) is 2.03. The third-order valence-corrected chi connectivity index (χ3v) is 4.47. The van der Waals surface area contributed by atoms with Gasteiger partial charge in [-0.15, -0.1) is 0 Å². The molecule has 92 valence electrons. The third-order valence-electron chi connectivity index (χ3n) is 4.47. The second-order valence-electron chi connectivity index (χ2n) is 5.73. The molecule has 1 aliphatic heterocycles. The van der Waals surface area contributed by atoms with Gasteiger partial charge >= 0.3 is 0 Å². The van der Waals surface area contributed by atoms with E-state index >= 15 is 0 Å². The van der Waals surface area contributed by atoms with Crippen LogP contribution in [0.5, 0.6) is 0 Å². The number of hydrogen-bond donors (Lipinski definition) is 2. The van der Waals surface area contributed by atoms with Crippen LogP contribution in [0.3, 0.4) is 0 Å². The molecule has 1 aromatic carbocycles. The molecule has 2 aliphatic rings. The van der Waals surface area contributed by atoms with Gasteiger partial charge in [0.2, 0.25) is 0 Å². The lowest BCUT2D eigenvalue weighted by atomic mass is 9.85. The molecule has 1 saturated carbocycles. The van der Waals surface area contributed by atoms with Crippen molar-refractivity contribution in [3.05, 3.63) is 35.9 Å². The molecule has 1 aliphatic carbocycles. The maximum absolute atomic E-state index is 3.72. The Hall–Kier alpha value is -0.860. The minimum Gasteiger partial charge on any atom is -0.316 e. The summed E-state index contributed by atoms with van der Waals surface area (Å²) in [6.45, 7) is 3.50. The molecule has 1 aromatic rings. The van der Waals surface area contributed by atoms with Crippen molar-refractivity contribution in [2.24, 2.45) is 5.41 Å². The zero-order valence-electron chi connectivity index (χ0n) is 10.4. The molecule has 3 rings (SSSR count). The van der Waals surface area contributed by atoms with Crippen LogP contribution in [-0.4, -0.2) is 19.1 Å². The number of hydrogen-bond acceptors (Lipinski definition) is 2. The van der Waals surface area contributed by atoms with Gasteiger partial charge < -0.3 is 10.6 Å². The van der Waals surface area contributed by atoms with E-state index in [-0.39, 0.29) is 0 Å². The molecular formula is C15H22N2. The van der Waals surface area contributed by atoms with E-state index in [4.69, 9.17) is 0 Å². The lowest BCUT2D eigenvalue weighted by molar-refractivity contribution is 0.323. The quantitative estimate of drug-likeness (QED) is 0.832. The zero-order chi connectivity index (χ0) is 11.6. The molecule has 1 saturated heterocycles. The molecule has 2 nitrogen and oxygen atoms in total. The minimum atomic E-state index is 0.633. The summed E-state index contributed by atoms with van der Waals surface area (Å²) in [5.74, 6) is 0. The highest BCUT2D eigenvalue weighted by Crippen LogP contribution is 2.42. The van der Waals surface area contributed by atoms with Crippen LogP contribution in [-0.2, 0) is 6.54 Å². The Morgan fingerprint density at radius 1 is 1.24 bits per heavy atom. The second kappa shape index (κ2) is 4.79. The van der Waals surface area contributed by atoms with Gasteiger partial charge in [-0.2, -0.15) is 0 Å². The topological polar surface area (TPSA) is 24.1 Å². The van der Waals surface area contributed by atoms with E-state index < -0.39 is 0 Å². The third kappa shape index (κ3) is 2.53. The van der Waals surface area contributed by atoms with Crippen molar-refractivity contribution >= 4 is 0 Å². The predicted octanol–water partition coefficient (Wildman–Crippen LogP) is 2.31. The lowest BCUT2D eigenvalue weighted by Crippen LogP contribution is -2.29. The van der Waals surface area contributed by atoms with E-state index in [1.54, 1.807) is 0 Å². The van der Waals surface area contributed by atoms with Gasteiger partial charge in [0, 0.05) is 19.1 Å². The Labute approximate surface area is 104 Å². The fourth-order valence-corrected chi connectivity index (χ4v) is 3.42. The summed E-state index contributed by atoms with van der Waals surface area (Å²) in [7, 11) is 0. The van der Waals surface area contributed by atoms with Gasteiger partial charge in [-0.05, 0) is 43.2 Å². The monoisotopic (exact) mass is 230 g/mol. The SMILES string of the molecule is c1ccc(CNC2CCC3(CCNC3)C2)cc1. The number of rotatable bonds is 3. The van der Waals surface area contributed by atoms with Crippen LogP contribution in [0.4, 0.5) is 0 Å². The average Bonchev–Trinajstić information content (AvgIpc) is 2.99. The Morgan fingerprint density at radius 3 is 2.88 bits per heavy atom. The fraction of sp³-hybridized carbons (Fsp3) is 0.600. The molecule has 0 bridgehead atoms. The molecule has 1 heterocycles. The molecule has 1 spiro atoms. The molecule has 2 fully saturated rings. The van der Waals surface area contributed by atoms with E-state index in [1.807, 2.05) is 0 Å². The summed E-state index contributed by atoms with van der Waals surface area (Å²) in [5, 5.41) is 7.24. The van der Waals surface area contributed by atoms with E-state index in [1.165, 1.54) is 44.3 Å². The van der Waals surface area contributed by atoms with Crippen molar-refractivity contribution in [2.75, 3.05) is 13.1 Å². The Balaban J connectivity index is 1.51. The highest BCUT2D eigenvalue weighted by molar-refractivity contribution is 5.14. The summed E-state index contributed by atoms with van der Waals surface area (Å²) >= 11 is 0. The predicted molar refractivity (Wildman–Crippen MR) is 70.8 cm³/mol. The van der Waals surface area contributed by atoms with Crippen molar-refractivity contribution in [3.63, 3.8) is 0 Å². The van der Waals surface area contributed by atoms with E-state index in [0.29, 0.717) is 5.41 Å². The van der Waals surface area contributed by atoms with Crippen LogP contribution < -0.4 is 10.6 Å². The molecular weight excluding hydrogens is 208 g/mol. The molecule has 2 N–H and O–H groups in total. The molecule has 17 heavy (non-hydrogen) atoms. The van der Waals surface area contributed by atoms with Gasteiger partial charge in [-0.3, -0.25) is 0 Å². The summed E-state index contributed by atoms with van der Waals surface area (Å²) in [6, 6.07) is 11.5. The minimum absolute atomic E-state index is 0.633. The van der Waals surface area contributed by atoms with Crippen molar-refractivity contribution < 1.29 is 0 Å². The first-order valence-corrected chi connectivity index (χ1v) is 6.84. The first-order chi connectivity index (χ1) is 8.36. The molecule has 2 atom stereocenters. The molecule has 0 amide bonds. The Kier molecular flexibility index (Phi) is 3.17. The molecule has 0 aromatic heterocycles. The van der Waals surface area contributed by atoms with Crippen molar-refractivity contribution in [1.82, 2.24) is 10.6 Å². The number of benzene rings is 1. The first kappa shape index (κ1) is 11.2. The first-order valence-electron chi connectivity index (χ1n) is 6.84. The van der Waals surface area contributed by atoms with E-state index in [0.717, 1.165) is 12.6 Å². The van der Waals surface area contributed by atoms with Crippen molar-refractivity contribution in [1.29, 1.82) is 0 Å². The van der Waals surface area contributed by atoms with Gasteiger partial charge in [0.05, 0.1) is 0 Å². The normalized spacial score (nSPS) is 32.4. The van der Waals surface area contributed by atoms with Crippen LogP contribution in [0.15, 0.2) is 30.3 Å². The van der Waals surface area contributed by atoms with Crippen LogP contribution >= 0.6 is 0 Å². The second-order valence-corrected chi connectivity index (χ2v) is 5.73. The van der Waals surface area contributed by atoms with Crippen LogP contribution in [0, 0.1) is 5.41 Å². The molecule has 0 radical (unpaired) electrons. The zero-order valence-corrected chi connectivity index (χ0v) is 10.4. The Morgan fingerprint density at radius 2 is 2.12 bits per heavy atom. The smallest absolute Gasteiger partial charge is 0.0208 e. The maximum atomic E-state index is 3.72. The van der Waals surface area contributed by atoms with Gasteiger partial charge in [-0.25, -0.2) is 0 Å². The van der Waals surface area contributed by atoms with Gasteiger partial charge in [-0.1, -0.05) is 30.3 Å². The number of nitrogens with one attached hydrogen (secondary N) is 2. The molecule has 2 unspecified atom stereocenters. The van der Waals surface area contributed by atoms with Crippen molar-refractivity contribution in [2.45, 2.75) is 38.3 Å². The highest BCUT2D eigenvalue weighted by Gasteiger charge is 2.40. The summed E-state index contributed by atoms with van der Waals surface area (Å²) < 4.78 is 0. The van der Waals surface area contributed by atoms with Crippen LogP contribution in [0.25, 0.3) is 0 Å². The molecule has 2 heteroatoms. The van der Waals surface area contributed by atoms with E-state index in [2.05, 4.69) is 41.0 Å².